The van der Waals surface area contributed by atoms with Crippen LogP contribution in [0.4, 0.5) is 5.69 Å². The SMILES string of the molecule is CCCN(CCC)C(=O)C1=Cc2ccc(-c3ccc4c(c3)CCN(CCC)C4=O)cc2N=C(N)C1. The first-order chi connectivity index (χ1) is 16.9. The van der Waals surface area contributed by atoms with Gasteiger partial charge in [0.25, 0.3) is 5.91 Å². The number of rotatable bonds is 8. The maximum Gasteiger partial charge on any atom is 0.254 e. The molecule has 2 amide bonds. The van der Waals surface area contributed by atoms with Gasteiger partial charge in [-0.2, -0.15) is 0 Å². The van der Waals surface area contributed by atoms with Crippen molar-refractivity contribution in [2.24, 2.45) is 10.7 Å². The minimum Gasteiger partial charge on any atom is -0.387 e. The summed E-state index contributed by atoms with van der Waals surface area (Å²) in [5.41, 5.74) is 12.6. The quantitative estimate of drug-likeness (QED) is 0.574. The van der Waals surface area contributed by atoms with Gasteiger partial charge in [-0.15, -0.1) is 0 Å². The normalized spacial score (nSPS) is 15.1. The van der Waals surface area contributed by atoms with E-state index in [0.717, 1.165) is 85.4 Å². The summed E-state index contributed by atoms with van der Waals surface area (Å²) in [4.78, 5) is 34.5. The van der Waals surface area contributed by atoms with Gasteiger partial charge in [-0.25, -0.2) is 4.99 Å². The topological polar surface area (TPSA) is 79.0 Å². The number of fused-ring (bicyclic) bond motifs is 2. The molecule has 0 radical (unpaired) electrons. The van der Waals surface area contributed by atoms with Gasteiger partial charge in [-0.05, 0) is 60.6 Å². The molecule has 35 heavy (non-hydrogen) atoms. The van der Waals surface area contributed by atoms with Gasteiger partial charge < -0.3 is 15.5 Å². The van der Waals surface area contributed by atoms with Crippen LogP contribution in [0.1, 0.15) is 67.9 Å². The fourth-order valence-electron chi connectivity index (χ4n) is 4.96. The van der Waals surface area contributed by atoms with Crippen molar-refractivity contribution >= 4 is 29.4 Å². The summed E-state index contributed by atoms with van der Waals surface area (Å²) in [6.07, 6.45) is 5.97. The minimum absolute atomic E-state index is 0.0419. The van der Waals surface area contributed by atoms with Crippen molar-refractivity contribution in [1.82, 2.24) is 9.80 Å². The second-order valence-electron chi connectivity index (χ2n) is 9.43. The number of nitrogens with two attached hydrogens (primary N) is 1. The van der Waals surface area contributed by atoms with Gasteiger partial charge in [-0.3, -0.25) is 9.59 Å². The van der Waals surface area contributed by atoms with Crippen LogP contribution in [-0.4, -0.2) is 53.6 Å². The average Bonchev–Trinajstić information content (AvgIpc) is 3.02. The first-order valence-electron chi connectivity index (χ1n) is 12.8. The molecule has 2 aromatic carbocycles. The highest BCUT2D eigenvalue weighted by atomic mass is 16.2. The number of carbonyl (C=O) groups excluding carboxylic acids is 2. The number of aliphatic imine (C=N–C) groups is 1. The zero-order chi connectivity index (χ0) is 24.9. The summed E-state index contributed by atoms with van der Waals surface area (Å²) in [5.74, 6) is 0.613. The third kappa shape index (κ3) is 5.31. The van der Waals surface area contributed by atoms with Crippen molar-refractivity contribution in [3.63, 3.8) is 0 Å². The molecule has 2 aliphatic rings. The fourth-order valence-corrected chi connectivity index (χ4v) is 4.96. The molecule has 0 spiro atoms. The Morgan fingerprint density at radius 2 is 1.74 bits per heavy atom. The second-order valence-corrected chi connectivity index (χ2v) is 9.43. The van der Waals surface area contributed by atoms with Crippen LogP contribution in [0.2, 0.25) is 0 Å². The summed E-state index contributed by atoms with van der Waals surface area (Å²) in [5, 5.41) is 0. The van der Waals surface area contributed by atoms with Crippen LogP contribution in [0.25, 0.3) is 17.2 Å². The van der Waals surface area contributed by atoms with Crippen LogP contribution in [0, 0.1) is 0 Å². The largest absolute Gasteiger partial charge is 0.387 e. The van der Waals surface area contributed by atoms with E-state index in [9.17, 15) is 9.59 Å². The van der Waals surface area contributed by atoms with E-state index < -0.39 is 0 Å². The molecule has 0 aliphatic carbocycles. The van der Waals surface area contributed by atoms with Crippen LogP contribution >= 0.6 is 0 Å². The van der Waals surface area contributed by atoms with Crippen molar-refractivity contribution in [2.45, 2.75) is 52.9 Å². The Kier molecular flexibility index (Phi) is 7.69. The van der Waals surface area contributed by atoms with Gasteiger partial charge in [0.1, 0.15) is 5.84 Å². The van der Waals surface area contributed by atoms with Crippen LogP contribution < -0.4 is 5.73 Å². The highest BCUT2D eigenvalue weighted by Gasteiger charge is 2.24. The van der Waals surface area contributed by atoms with E-state index in [0.29, 0.717) is 17.8 Å². The molecular formula is C29H36N4O2. The third-order valence-corrected chi connectivity index (χ3v) is 6.65. The van der Waals surface area contributed by atoms with Gasteiger partial charge in [0.05, 0.1) is 5.69 Å². The van der Waals surface area contributed by atoms with Crippen LogP contribution in [0.3, 0.4) is 0 Å². The van der Waals surface area contributed by atoms with Gasteiger partial charge in [0.2, 0.25) is 5.91 Å². The predicted octanol–water partition coefficient (Wildman–Crippen LogP) is 5.19. The van der Waals surface area contributed by atoms with Gasteiger partial charge in [0.15, 0.2) is 0 Å². The molecule has 2 heterocycles. The Bertz CT molecular complexity index is 1180. The monoisotopic (exact) mass is 472 g/mol. The molecule has 6 heteroatoms. The first-order valence-corrected chi connectivity index (χ1v) is 12.8. The smallest absolute Gasteiger partial charge is 0.254 e. The van der Waals surface area contributed by atoms with Crippen molar-refractivity contribution < 1.29 is 9.59 Å². The molecule has 0 unspecified atom stereocenters. The number of amidine groups is 1. The lowest BCUT2D eigenvalue weighted by Gasteiger charge is -2.28. The van der Waals surface area contributed by atoms with Crippen molar-refractivity contribution in [3.8, 4) is 11.1 Å². The molecule has 184 valence electrons. The Balaban J connectivity index is 1.64. The van der Waals surface area contributed by atoms with Gasteiger partial charge in [-0.1, -0.05) is 45.0 Å². The van der Waals surface area contributed by atoms with Crippen LogP contribution in [0.15, 0.2) is 47.0 Å². The molecule has 0 saturated carbocycles. The summed E-state index contributed by atoms with van der Waals surface area (Å²) in [6.45, 7) is 9.32. The molecular weight excluding hydrogens is 436 g/mol. The molecule has 4 rings (SSSR count). The molecule has 0 saturated heterocycles. The number of carbonyl (C=O) groups is 2. The van der Waals surface area contributed by atoms with Crippen molar-refractivity contribution in [3.05, 3.63) is 58.7 Å². The van der Waals surface area contributed by atoms with Gasteiger partial charge >= 0.3 is 0 Å². The van der Waals surface area contributed by atoms with Crippen molar-refractivity contribution in [2.75, 3.05) is 26.2 Å². The average molecular weight is 473 g/mol. The summed E-state index contributed by atoms with van der Waals surface area (Å²) in [6, 6.07) is 12.2. The minimum atomic E-state index is 0.0419. The molecule has 0 bridgehead atoms. The maximum atomic E-state index is 13.2. The molecule has 0 fully saturated rings. The third-order valence-electron chi connectivity index (χ3n) is 6.65. The Labute approximate surface area is 208 Å². The molecule has 2 aromatic rings. The highest BCUT2D eigenvalue weighted by molar-refractivity contribution is 6.05. The molecule has 0 aromatic heterocycles. The summed E-state index contributed by atoms with van der Waals surface area (Å²) >= 11 is 0. The number of nitrogens with zero attached hydrogens (tertiary/aromatic N) is 3. The number of benzene rings is 2. The summed E-state index contributed by atoms with van der Waals surface area (Å²) in [7, 11) is 0. The zero-order valence-electron chi connectivity index (χ0n) is 21.1. The van der Waals surface area contributed by atoms with E-state index in [4.69, 9.17) is 5.73 Å². The van der Waals surface area contributed by atoms with E-state index in [1.807, 2.05) is 40.1 Å². The summed E-state index contributed by atoms with van der Waals surface area (Å²) < 4.78 is 0. The van der Waals surface area contributed by atoms with Gasteiger partial charge in [0, 0.05) is 49.3 Å². The number of amides is 2. The van der Waals surface area contributed by atoms with Crippen molar-refractivity contribution in [1.29, 1.82) is 0 Å². The lowest BCUT2D eigenvalue weighted by Crippen LogP contribution is -2.37. The predicted molar refractivity (Wildman–Crippen MR) is 143 cm³/mol. The van der Waals surface area contributed by atoms with E-state index in [-0.39, 0.29) is 11.8 Å². The second kappa shape index (κ2) is 10.9. The Morgan fingerprint density at radius 1 is 1.03 bits per heavy atom. The van der Waals surface area contributed by atoms with E-state index >= 15 is 0 Å². The highest BCUT2D eigenvalue weighted by Crippen LogP contribution is 2.33. The first kappa shape index (κ1) is 24.7. The Hall–Kier alpha value is -3.41. The standard InChI is InChI=1S/C29H36N4O2/c1-4-12-32(13-5-2)28(34)24-17-23-8-7-21(18-26(23)31-27(30)19-24)20-9-10-25-22(16-20)11-15-33(14-6-3)29(25)35/h7-10,16-18H,4-6,11-15,19H2,1-3H3,(H2,30,31). The Morgan fingerprint density at radius 3 is 2.46 bits per heavy atom. The lowest BCUT2D eigenvalue weighted by atomic mass is 9.93. The number of hydrogen-bond acceptors (Lipinski definition) is 4. The van der Waals surface area contributed by atoms with E-state index in [1.54, 1.807) is 0 Å². The van der Waals surface area contributed by atoms with Crippen LogP contribution in [-0.2, 0) is 11.2 Å². The number of hydrogen-bond donors (Lipinski definition) is 1. The zero-order valence-corrected chi connectivity index (χ0v) is 21.1. The van der Waals surface area contributed by atoms with E-state index in [1.165, 1.54) is 0 Å². The molecule has 2 N–H and O–H groups in total. The fraction of sp³-hybridized carbons (Fsp3) is 0.414. The van der Waals surface area contributed by atoms with Crippen LogP contribution in [0.5, 0.6) is 0 Å². The molecule has 2 aliphatic heterocycles. The molecule has 6 nitrogen and oxygen atoms in total. The maximum absolute atomic E-state index is 13.2. The van der Waals surface area contributed by atoms with E-state index in [2.05, 4.69) is 37.9 Å². The lowest BCUT2D eigenvalue weighted by molar-refractivity contribution is -0.127. The molecule has 0 atom stereocenters.